The van der Waals surface area contributed by atoms with E-state index >= 15 is 0 Å². The molecule has 0 spiro atoms. The van der Waals surface area contributed by atoms with Crippen LogP contribution < -0.4 is 15.1 Å². The first-order chi connectivity index (χ1) is 15.7. The Bertz CT molecular complexity index is 1260. The molecule has 1 unspecified atom stereocenters. The second-order valence-corrected chi connectivity index (χ2v) is 9.12. The smallest absolute Gasteiger partial charge is 0.488 e. The minimum Gasteiger partial charge on any atom is -0.489 e. The Kier molecular flexibility index (Phi) is 5.43. The molecule has 0 radical (unpaired) electrons. The van der Waals surface area contributed by atoms with Crippen molar-refractivity contribution in [2.45, 2.75) is 38.3 Å². The van der Waals surface area contributed by atoms with Gasteiger partial charge in [0, 0.05) is 18.2 Å². The number of fused-ring (bicyclic) bond motifs is 2. The van der Waals surface area contributed by atoms with Crippen LogP contribution in [0.25, 0.3) is 11.0 Å². The van der Waals surface area contributed by atoms with Crippen molar-refractivity contribution in [3.05, 3.63) is 52.7 Å². The molecule has 0 amide bonds. The lowest BCUT2D eigenvalue weighted by molar-refractivity contribution is -0.0204. The van der Waals surface area contributed by atoms with Crippen LogP contribution in [0.15, 0.2) is 36.4 Å². The van der Waals surface area contributed by atoms with Gasteiger partial charge in [-0.05, 0) is 56.4 Å². The van der Waals surface area contributed by atoms with Gasteiger partial charge in [0.25, 0.3) is 0 Å². The van der Waals surface area contributed by atoms with Crippen molar-refractivity contribution in [3.8, 4) is 5.75 Å². The second kappa shape index (κ2) is 8.16. The van der Waals surface area contributed by atoms with Crippen molar-refractivity contribution in [1.29, 1.82) is 0 Å². The Morgan fingerprint density at radius 1 is 1.24 bits per heavy atom. The Morgan fingerprint density at radius 2 is 2.06 bits per heavy atom. The van der Waals surface area contributed by atoms with Crippen molar-refractivity contribution in [2.24, 2.45) is 0 Å². The summed E-state index contributed by atoms with van der Waals surface area (Å²) in [4.78, 5) is 24.4. The Balaban J connectivity index is 1.43. The van der Waals surface area contributed by atoms with Crippen LogP contribution in [0.2, 0.25) is 5.15 Å². The third-order valence-corrected chi connectivity index (χ3v) is 6.61. The summed E-state index contributed by atoms with van der Waals surface area (Å²) in [7, 11) is -1.60. The number of benzene rings is 2. The molecule has 2 atom stereocenters. The highest BCUT2D eigenvalue weighted by Gasteiger charge is 2.41. The molecule has 2 N–H and O–H groups in total. The van der Waals surface area contributed by atoms with Crippen LogP contribution in [-0.4, -0.2) is 52.3 Å². The van der Waals surface area contributed by atoms with Crippen molar-refractivity contribution in [2.75, 3.05) is 18.1 Å². The van der Waals surface area contributed by atoms with E-state index in [0.717, 1.165) is 19.4 Å². The van der Waals surface area contributed by atoms with Gasteiger partial charge >= 0.3 is 13.1 Å². The molecule has 170 valence electrons. The molecule has 2 aromatic carbocycles. The predicted molar refractivity (Wildman–Crippen MR) is 125 cm³/mol. The van der Waals surface area contributed by atoms with Crippen LogP contribution in [0.1, 0.15) is 42.6 Å². The maximum atomic E-state index is 13.1. The van der Waals surface area contributed by atoms with Gasteiger partial charge in [-0.25, -0.2) is 14.8 Å². The van der Waals surface area contributed by atoms with E-state index in [-0.39, 0.29) is 6.61 Å². The van der Waals surface area contributed by atoms with Crippen molar-refractivity contribution in [1.82, 2.24) is 9.97 Å². The molecule has 0 aliphatic carbocycles. The molecule has 8 nitrogen and oxygen atoms in total. The highest BCUT2D eigenvalue weighted by molar-refractivity contribution is 6.58. The van der Waals surface area contributed by atoms with E-state index in [4.69, 9.17) is 26.1 Å². The summed E-state index contributed by atoms with van der Waals surface area (Å²) in [6.07, 6.45) is 2.15. The lowest BCUT2D eigenvalue weighted by atomic mass is 9.79. The Labute approximate surface area is 196 Å². The summed E-state index contributed by atoms with van der Waals surface area (Å²) in [5.41, 5.74) is 1.47. The number of hydrogen-bond donors (Lipinski definition) is 2. The number of ether oxygens (including phenoxy) is 2. The first-order valence-corrected chi connectivity index (χ1v) is 11.2. The molecule has 10 heteroatoms. The fourth-order valence-corrected chi connectivity index (χ4v) is 4.72. The van der Waals surface area contributed by atoms with Gasteiger partial charge in [-0.15, -0.1) is 0 Å². The summed E-state index contributed by atoms with van der Waals surface area (Å²) in [5.74, 6) is 0.570. The van der Waals surface area contributed by atoms with E-state index in [0.29, 0.717) is 50.4 Å². The summed E-state index contributed by atoms with van der Waals surface area (Å²) < 4.78 is 11.5. The standard InChI is InChI=1S/C23H23BClN3O5/c1-13-4-3-9-28(13)21-20(25)26-17-8-5-14(10-18(17)27-21)22(29)33-23(2)12-32-19-11-15(24(30)31)6-7-16(19)23/h5-8,10-11,13,30-31H,3-4,9,12H2,1-2H3/t13-,23?/m0/s1. The fourth-order valence-electron chi connectivity index (χ4n) is 4.48. The van der Waals surface area contributed by atoms with Crippen molar-refractivity contribution < 1.29 is 24.3 Å². The third-order valence-electron chi connectivity index (χ3n) is 6.36. The summed E-state index contributed by atoms with van der Waals surface area (Å²) in [5, 5.41) is 19.1. The largest absolute Gasteiger partial charge is 0.489 e. The van der Waals surface area contributed by atoms with Gasteiger partial charge in [0.15, 0.2) is 16.6 Å². The van der Waals surface area contributed by atoms with Crippen LogP contribution in [0.5, 0.6) is 5.75 Å². The number of rotatable bonds is 4. The van der Waals surface area contributed by atoms with Gasteiger partial charge in [0.05, 0.1) is 16.6 Å². The second-order valence-electron chi connectivity index (χ2n) is 8.76. The van der Waals surface area contributed by atoms with Gasteiger partial charge in [-0.2, -0.15) is 0 Å². The normalized spacial score (nSPS) is 21.7. The summed E-state index contributed by atoms with van der Waals surface area (Å²) in [6, 6.07) is 10.1. The molecule has 2 aliphatic rings. The first-order valence-electron chi connectivity index (χ1n) is 10.9. The maximum Gasteiger partial charge on any atom is 0.488 e. The zero-order valence-corrected chi connectivity index (χ0v) is 19.0. The predicted octanol–water partition coefficient (Wildman–Crippen LogP) is 2.42. The van der Waals surface area contributed by atoms with E-state index in [2.05, 4.69) is 16.8 Å². The molecule has 0 bridgehead atoms. The number of carbonyl (C=O) groups excluding carboxylic acids is 1. The molecule has 1 fully saturated rings. The first kappa shape index (κ1) is 21.9. The van der Waals surface area contributed by atoms with E-state index in [9.17, 15) is 14.8 Å². The quantitative estimate of drug-likeness (QED) is 0.445. The minimum atomic E-state index is -1.60. The summed E-state index contributed by atoms with van der Waals surface area (Å²) in [6.45, 7) is 4.89. The van der Waals surface area contributed by atoms with Gasteiger partial charge in [-0.1, -0.05) is 23.7 Å². The molecule has 33 heavy (non-hydrogen) atoms. The van der Waals surface area contributed by atoms with E-state index in [1.165, 1.54) is 6.07 Å². The average Bonchev–Trinajstić information content (AvgIpc) is 3.35. The topological polar surface area (TPSA) is 105 Å². The number of nitrogens with zero attached hydrogens (tertiary/aromatic N) is 3. The molecule has 3 aromatic rings. The molecular formula is C23H23BClN3O5. The number of hydrogen-bond acceptors (Lipinski definition) is 8. The van der Waals surface area contributed by atoms with Gasteiger partial charge < -0.3 is 24.4 Å². The third kappa shape index (κ3) is 3.90. The van der Waals surface area contributed by atoms with Crippen molar-refractivity contribution in [3.63, 3.8) is 0 Å². The number of esters is 1. The molecule has 0 saturated carbocycles. The molecule has 3 heterocycles. The molecule has 2 aliphatic heterocycles. The van der Waals surface area contributed by atoms with Gasteiger partial charge in [-0.3, -0.25) is 0 Å². The molecule has 1 aromatic heterocycles. The lowest BCUT2D eigenvalue weighted by Gasteiger charge is -2.24. The maximum absolute atomic E-state index is 13.1. The van der Waals surface area contributed by atoms with Crippen LogP contribution in [0.3, 0.4) is 0 Å². The van der Waals surface area contributed by atoms with Crippen molar-refractivity contribution >= 4 is 47.0 Å². The lowest BCUT2D eigenvalue weighted by Crippen LogP contribution is -2.32. The Morgan fingerprint density at radius 3 is 2.79 bits per heavy atom. The number of aromatic nitrogens is 2. The molecular weight excluding hydrogens is 445 g/mol. The molecule has 1 saturated heterocycles. The highest BCUT2D eigenvalue weighted by atomic mass is 35.5. The van der Waals surface area contributed by atoms with Gasteiger partial charge in [0.2, 0.25) is 0 Å². The van der Waals surface area contributed by atoms with Crippen LogP contribution in [-0.2, 0) is 10.3 Å². The zero-order chi connectivity index (χ0) is 23.3. The number of anilines is 1. The summed E-state index contributed by atoms with van der Waals surface area (Å²) >= 11 is 6.41. The SMILES string of the molecule is C[C@H]1CCCN1c1nc2cc(C(=O)OC3(C)COc4cc(B(O)O)ccc43)ccc2nc1Cl. The van der Waals surface area contributed by atoms with Crippen LogP contribution >= 0.6 is 11.6 Å². The van der Waals surface area contributed by atoms with E-state index in [1.807, 2.05) is 0 Å². The van der Waals surface area contributed by atoms with Gasteiger partial charge in [0.1, 0.15) is 12.4 Å². The Hall–Kier alpha value is -2.88. The minimum absolute atomic E-state index is 0.124. The number of carbonyl (C=O) groups is 1. The number of halogens is 1. The van der Waals surface area contributed by atoms with E-state index < -0.39 is 18.7 Å². The highest BCUT2D eigenvalue weighted by Crippen LogP contribution is 2.39. The van der Waals surface area contributed by atoms with Crippen LogP contribution in [0.4, 0.5) is 5.82 Å². The zero-order valence-electron chi connectivity index (χ0n) is 18.3. The molecule has 5 rings (SSSR count). The average molecular weight is 468 g/mol. The van der Waals surface area contributed by atoms with E-state index in [1.54, 1.807) is 37.3 Å². The van der Waals surface area contributed by atoms with Crippen LogP contribution in [0, 0.1) is 0 Å². The fraction of sp³-hybridized carbons (Fsp3) is 0.348. The monoisotopic (exact) mass is 467 g/mol.